The highest BCUT2D eigenvalue weighted by Crippen LogP contribution is 2.58. The maximum Gasteiger partial charge on any atom is 0.192 e. The molecule has 0 unspecified atom stereocenters. The van der Waals surface area contributed by atoms with E-state index in [2.05, 4.69) is 65.1 Å². The second kappa shape index (κ2) is 8.99. The molecule has 3 aliphatic rings. The van der Waals surface area contributed by atoms with E-state index < -0.39 is 8.32 Å². The van der Waals surface area contributed by atoms with E-state index in [9.17, 15) is 0 Å². The Kier molecular flexibility index (Phi) is 6.79. The van der Waals surface area contributed by atoms with Crippen molar-refractivity contribution in [1.82, 2.24) is 0 Å². The van der Waals surface area contributed by atoms with Gasteiger partial charge in [0.1, 0.15) is 6.79 Å². The summed E-state index contributed by atoms with van der Waals surface area (Å²) in [5.74, 6) is 0.942. The van der Waals surface area contributed by atoms with Gasteiger partial charge in [-0.1, -0.05) is 70.2 Å². The first kappa shape index (κ1) is 24.2. The molecule has 0 radical (unpaired) electrons. The van der Waals surface area contributed by atoms with Crippen LogP contribution >= 0.6 is 0 Å². The molecule has 1 aromatic rings. The molecule has 32 heavy (non-hydrogen) atoms. The van der Waals surface area contributed by atoms with Crippen molar-refractivity contribution in [3.8, 4) is 0 Å². The molecule has 1 aliphatic carbocycles. The SMILES string of the molecule is C[C@@H]1CC=C[C@@H]2C[C@@]3(CO[Si](C)(C)C(C)(C)C)C[C@@H](OCOCc4ccccc4)C[C@@]12O3. The molecule has 0 N–H and O–H groups in total. The number of ether oxygens (including phenoxy) is 3. The van der Waals surface area contributed by atoms with Crippen molar-refractivity contribution in [3.63, 3.8) is 0 Å². The van der Waals surface area contributed by atoms with E-state index in [1.807, 2.05) is 18.2 Å². The first-order valence-electron chi connectivity index (χ1n) is 12.3. The third-order valence-electron chi connectivity index (χ3n) is 8.47. The summed E-state index contributed by atoms with van der Waals surface area (Å²) in [5.41, 5.74) is 0.784. The Labute approximate surface area is 195 Å². The third-order valence-corrected chi connectivity index (χ3v) is 12.9. The van der Waals surface area contributed by atoms with Crippen molar-refractivity contribution in [1.29, 1.82) is 0 Å². The summed E-state index contributed by atoms with van der Waals surface area (Å²) >= 11 is 0. The van der Waals surface area contributed by atoms with E-state index in [0.29, 0.717) is 31.8 Å². The molecule has 5 heteroatoms. The number of benzene rings is 1. The predicted octanol–water partition coefficient (Wildman–Crippen LogP) is 6.47. The Morgan fingerprint density at radius 1 is 1.09 bits per heavy atom. The Morgan fingerprint density at radius 2 is 1.84 bits per heavy atom. The summed E-state index contributed by atoms with van der Waals surface area (Å²) in [6.07, 6.45) is 8.84. The monoisotopic (exact) mass is 458 g/mol. The van der Waals surface area contributed by atoms with E-state index in [1.165, 1.54) is 5.56 Å². The van der Waals surface area contributed by atoms with Crippen LogP contribution in [0.5, 0.6) is 0 Å². The summed E-state index contributed by atoms with van der Waals surface area (Å²) in [7, 11) is -1.86. The molecule has 2 fully saturated rings. The fourth-order valence-electron chi connectivity index (χ4n) is 5.47. The molecule has 2 heterocycles. The van der Waals surface area contributed by atoms with Crippen molar-refractivity contribution in [2.45, 2.75) is 95.4 Å². The molecule has 0 aromatic heterocycles. The van der Waals surface area contributed by atoms with Gasteiger partial charge in [0, 0.05) is 18.8 Å². The summed E-state index contributed by atoms with van der Waals surface area (Å²) in [5, 5.41) is 0.190. The molecular weight excluding hydrogens is 416 g/mol. The van der Waals surface area contributed by atoms with Gasteiger partial charge >= 0.3 is 0 Å². The highest BCUT2D eigenvalue weighted by atomic mass is 28.4. The standard InChI is InChI=1S/C27H42O4Si/c1-21-11-10-14-23-15-26(19-30-32(5,6)25(2,3)4)16-24(17-27(21,23)31-26)29-20-28-18-22-12-8-7-9-13-22/h7-10,12-14,21,23-24H,11,15-20H2,1-6H3/t21-,23-,24-,26+,27-/m1/s1. The van der Waals surface area contributed by atoms with Crippen LogP contribution in [0.15, 0.2) is 42.5 Å². The van der Waals surface area contributed by atoms with Gasteiger partial charge in [0.25, 0.3) is 0 Å². The molecule has 4 rings (SSSR count). The molecule has 1 aromatic carbocycles. The Balaban J connectivity index is 1.44. The molecule has 0 amide bonds. The molecule has 2 saturated heterocycles. The van der Waals surface area contributed by atoms with Gasteiger partial charge in [-0.2, -0.15) is 0 Å². The lowest BCUT2D eigenvalue weighted by Crippen LogP contribution is -2.55. The van der Waals surface area contributed by atoms with Gasteiger partial charge in [-0.15, -0.1) is 0 Å². The first-order valence-corrected chi connectivity index (χ1v) is 15.2. The van der Waals surface area contributed by atoms with Crippen molar-refractivity contribution >= 4 is 8.32 Å². The van der Waals surface area contributed by atoms with Crippen LogP contribution in [0, 0.1) is 11.8 Å². The lowest BCUT2D eigenvalue weighted by molar-refractivity contribution is -0.229. The van der Waals surface area contributed by atoms with Crippen LogP contribution in [-0.4, -0.2) is 39.0 Å². The Morgan fingerprint density at radius 3 is 2.56 bits per heavy atom. The van der Waals surface area contributed by atoms with Gasteiger partial charge < -0.3 is 18.6 Å². The zero-order valence-corrected chi connectivity index (χ0v) is 21.9. The van der Waals surface area contributed by atoms with E-state index in [0.717, 1.165) is 25.7 Å². The first-order chi connectivity index (χ1) is 15.1. The minimum atomic E-state index is -1.86. The van der Waals surface area contributed by atoms with Crippen LogP contribution in [-0.2, 0) is 25.2 Å². The topological polar surface area (TPSA) is 36.9 Å². The van der Waals surface area contributed by atoms with Crippen LogP contribution in [0.3, 0.4) is 0 Å². The Bertz CT molecular complexity index is 802. The van der Waals surface area contributed by atoms with E-state index in [4.69, 9.17) is 18.6 Å². The zero-order valence-electron chi connectivity index (χ0n) is 20.9. The van der Waals surface area contributed by atoms with Crippen molar-refractivity contribution in [2.24, 2.45) is 11.8 Å². The number of allylic oxidation sites excluding steroid dienone is 1. The van der Waals surface area contributed by atoms with Gasteiger partial charge in [0.05, 0.1) is 30.5 Å². The lowest BCUT2D eigenvalue weighted by Gasteiger charge is -2.49. The van der Waals surface area contributed by atoms with Gasteiger partial charge in [-0.3, -0.25) is 0 Å². The average molecular weight is 459 g/mol. The van der Waals surface area contributed by atoms with Crippen LogP contribution in [0.4, 0.5) is 0 Å². The molecule has 4 nitrogen and oxygen atoms in total. The van der Waals surface area contributed by atoms with Crippen molar-refractivity contribution < 1.29 is 18.6 Å². The number of rotatable bonds is 8. The smallest absolute Gasteiger partial charge is 0.192 e. The minimum absolute atomic E-state index is 0.131. The molecule has 2 bridgehead atoms. The van der Waals surface area contributed by atoms with Crippen LogP contribution in [0.25, 0.3) is 0 Å². The second-order valence-corrected chi connectivity index (χ2v) is 16.6. The number of fused-ring (bicyclic) bond motifs is 1. The van der Waals surface area contributed by atoms with Gasteiger partial charge in [0.15, 0.2) is 8.32 Å². The summed E-state index contributed by atoms with van der Waals surface area (Å²) in [6.45, 7) is 15.5. The molecule has 0 saturated carbocycles. The highest BCUT2D eigenvalue weighted by molar-refractivity contribution is 6.74. The fraction of sp³-hybridized carbons (Fsp3) is 0.704. The fourth-order valence-corrected chi connectivity index (χ4v) is 6.53. The summed E-state index contributed by atoms with van der Waals surface area (Å²) in [6, 6.07) is 10.3. The molecular formula is C27H42O4Si. The van der Waals surface area contributed by atoms with Gasteiger partial charge in [-0.05, 0) is 42.5 Å². The second-order valence-electron chi connectivity index (χ2n) is 11.8. The quantitative estimate of drug-likeness (QED) is 0.194. The van der Waals surface area contributed by atoms with Crippen LogP contribution in [0.1, 0.15) is 58.9 Å². The van der Waals surface area contributed by atoms with Gasteiger partial charge in [0.2, 0.25) is 0 Å². The van der Waals surface area contributed by atoms with Crippen LogP contribution < -0.4 is 0 Å². The molecule has 2 aliphatic heterocycles. The lowest BCUT2D eigenvalue weighted by atomic mass is 9.70. The van der Waals surface area contributed by atoms with Crippen LogP contribution in [0.2, 0.25) is 18.1 Å². The largest absolute Gasteiger partial charge is 0.414 e. The predicted molar refractivity (Wildman–Crippen MR) is 131 cm³/mol. The minimum Gasteiger partial charge on any atom is -0.414 e. The van der Waals surface area contributed by atoms with E-state index >= 15 is 0 Å². The van der Waals surface area contributed by atoms with Crippen molar-refractivity contribution in [3.05, 3.63) is 48.0 Å². The van der Waals surface area contributed by atoms with E-state index in [1.54, 1.807) is 0 Å². The number of hydrogen-bond donors (Lipinski definition) is 0. The summed E-state index contributed by atoms with van der Waals surface area (Å²) in [4.78, 5) is 0. The normalized spacial score (nSPS) is 34.5. The molecule has 1 spiro atoms. The molecule has 178 valence electrons. The highest BCUT2D eigenvalue weighted by Gasteiger charge is 2.63. The third kappa shape index (κ3) is 4.78. The summed E-state index contributed by atoms with van der Waals surface area (Å²) < 4.78 is 26.0. The molecule has 5 atom stereocenters. The van der Waals surface area contributed by atoms with Gasteiger partial charge in [-0.25, -0.2) is 0 Å². The number of hydrogen-bond acceptors (Lipinski definition) is 4. The zero-order chi connectivity index (χ0) is 23.0. The Hall–Kier alpha value is -0.983. The maximum atomic E-state index is 7.03. The van der Waals surface area contributed by atoms with Crippen molar-refractivity contribution in [2.75, 3.05) is 13.4 Å². The average Bonchev–Trinajstić information content (AvgIpc) is 2.98. The van der Waals surface area contributed by atoms with E-state index in [-0.39, 0.29) is 22.3 Å². The maximum absolute atomic E-state index is 7.03.